The molecule has 6 heteroatoms. The number of hydrogen-bond acceptors (Lipinski definition) is 4. The SMILES string of the molecule is Cn1cnc2ccc(C=CCNC(=O)OCC3c4ccccc4-c4ccccc43)cc2c1=O. The molecule has 1 amide bonds. The minimum absolute atomic E-state index is 0.0347. The van der Waals surface area contributed by atoms with Gasteiger partial charge in [-0.15, -0.1) is 0 Å². The molecule has 4 aromatic rings. The van der Waals surface area contributed by atoms with Crippen LogP contribution in [0.25, 0.3) is 28.1 Å². The van der Waals surface area contributed by atoms with Crippen molar-refractivity contribution < 1.29 is 9.53 Å². The average Bonchev–Trinajstić information content (AvgIpc) is 3.17. The summed E-state index contributed by atoms with van der Waals surface area (Å²) in [4.78, 5) is 28.8. The van der Waals surface area contributed by atoms with E-state index in [1.165, 1.54) is 33.1 Å². The number of carbonyl (C=O) groups is 1. The highest BCUT2D eigenvalue weighted by Gasteiger charge is 2.28. The number of aromatic nitrogens is 2. The fraction of sp³-hybridized carbons (Fsp3) is 0.148. The number of hydrogen-bond donors (Lipinski definition) is 1. The van der Waals surface area contributed by atoms with E-state index in [1.807, 2.05) is 48.6 Å². The molecule has 0 saturated heterocycles. The first kappa shape index (κ1) is 20.7. The standard InChI is InChI=1S/C27H23N3O3/c1-30-17-29-25-13-12-18(15-23(25)26(30)31)7-6-14-28-27(32)33-16-24-21-10-4-2-8-19(21)20-9-3-5-11-22(20)24/h2-13,15,17,24H,14,16H2,1H3,(H,28,32). The van der Waals surface area contributed by atoms with Crippen molar-refractivity contribution in [1.29, 1.82) is 0 Å². The lowest BCUT2D eigenvalue weighted by molar-refractivity contribution is 0.144. The molecule has 0 atom stereocenters. The topological polar surface area (TPSA) is 73.2 Å². The van der Waals surface area contributed by atoms with Crippen LogP contribution in [-0.4, -0.2) is 28.8 Å². The van der Waals surface area contributed by atoms with Gasteiger partial charge < -0.3 is 14.6 Å². The van der Waals surface area contributed by atoms with Gasteiger partial charge in [0.2, 0.25) is 0 Å². The van der Waals surface area contributed by atoms with E-state index in [0.29, 0.717) is 17.4 Å². The maximum absolute atomic E-state index is 12.3. The van der Waals surface area contributed by atoms with Crippen LogP contribution in [0, 0.1) is 0 Å². The van der Waals surface area contributed by atoms with Gasteiger partial charge in [-0.3, -0.25) is 4.79 Å². The Balaban J connectivity index is 1.19. The fourth-order valence-corrected chi connectivity index (χ4v) is 4.32. The van der Waals surface area contributed by atoms with Crippen molar-refractivity contribution in [3.8, 4) is 11.1 Å². The Morgan fingerprint density at radius 3 is 2.48 bits per heavy atom. The van der Waals surface area contributed by atoms with Crippen LogP contribution < -0.4 is 10.9 Å². The van der Waals surface area contributed by atoms with Gasteiger partial charge in [0.05, 0.1) is 17.2 Å². The van der Waals surface area contributed by atoms with Crippen LogP contribution in [0.3, 0.4) is 0 Å². The lowest BCUT2D eigenvalue weighted by Crippen LogP contribution is -2.26. The predicted molar refractivity (Wildman–Crippen MR) is 129 cm³/mol. The normalized spacial score (nSPS) is 12.6. The zero-order valence-corrected chi connectivity index (χ0v) is 18.2. The van der Waals surface area contributed by atoms with Crippen LogP contribution in [0.4, 0.5) is 4.79 Å². The molecule has 1 heterocycles. The van der Waals surface area contributed by atoms with Crippen LogP contribution >= 0.6 is 0 Å². The van der Waals surface area contributed by atoms with Crippen LogP contribution in [0.5, 0.6) is 0 Å². The monoisotopic (exact) mass is 437 g/mol. The van der Waals surface area contributed by atoms with Crippen molar-refractivity contribution in [1.82, 2.24) is 14.9 Å². The number of rotatable bonds is 5. The number of benzene rings is 3. The van der Waals surface area contributed by atoms with Crippen molar-refractivity contribution in [2.45, 2.75) is 5.92 Å². The number of nitrogens with zero attached hydrogens (tertiary/aromatic N) is 2. The Bertz CT molecular complexity index is 1390. The Morgan fingerprint density at radius 2 is 1.76 bits per heavy atom. The molecule has 0 unspecified atom stereocenters. The molecular weight excluding hydrogens is 414 g/mol. The summed E-state index contributed by atoms with van der Waals surface area (Å²) in [6, 6.07) is 22.0. The third-order valence-corrected chi connectivity index (χ3v) is 5.96. The number of aryl methyl sites for hydroxylation is 1. The fourth-order valence-electron chi connectivity index (χ4n) is 4.32. The summed E-state index contributed by atoms with van der Waals surface area (Å²) < 4.78 is 7.00. The van der Waals surface area contributed by atoms with Crippen LogP contribution in [0.2, 0.25) is 0 Å². The predicted octanol–water partition coefficient (Wildman–Crippen LogP) is 4.49. The Morgan fingerprint density at radius 1 is 1.06 bits per heavy atom. The number of amides is 1. The van der Waals surface area contributed by atoms with Gasteiger partial charge in [0.25, 0.3) is 5.56 Å². The second kappa shape index (κ2) is 8.74. The highest BCUT2D eigenvalue weighted by atomic mass is 16.5. The molecule has 0 saturated carbocycles. The Labute approximate surface area is 191 Å². The van der Waals surface area contributed by atoms with Gasteiger partial charge in [-0.25, -0.2) is 9.78 Å². The van der Waals surface area contributed by atoms with Crippen LogP contribution in [0.1, 0.15) is 22.6 Å². The van der Waals surface area contributed by atoms with Gasteiger partial charge in [-0.05, 0) is 39.9 Å². The van der Waals surface area contributed by atoms with E-state index in [-0.39, 0.29) is 18.1 Å². The quantitative estimate of drug-likeness (QED) is 0.499. The molecule has 3 aromatic carbocycles. The van der Waals surface area contributed by atoms with Gasteiger partial charge in [-0.1, -0.05) is 66.7 Å². The largest absolute Gasteiger partial charge is 0.449 e. The summed E-state index contributed by atoms with van der Waals surface area (Å²) in [5.41, 5.74) is 6.20. The van der Waals surface area contributed by atoms with E-state index < -0.39 is 6.09 Å². The Kier molecular flexibility index (Phi) is 5.48. The highest BCUT2D eigenvalue weighted by molar-refractivity contribution is 5.80. The molecule has 0 fully saturated rings. The molecule has 6 nitrogen and oxygen atoms in total. The zero-order valence-electron chi connectivity index (χ0n) is 18.2. The van der Waals surface area contributed by atoms with E-state index in [4.69, 9.17) is 4.74 Å². The van der Waals surface area contributed by atoms with Gasteiger partial charge in [0, 0.05) is 19.5 Å². The molecule has 0 bridgehead atoms. The minimum atomic E-state index is -0.460. The summed E-state index contributed by atoms with van der Waals surface area (Å²) in [5.74, 6) is 0.0347. The molecule has 0 spiro atoms. The second-order valence-corrected chi connectivity index (χ2v) is 8.05. The molecule has 0 aliphatic heterocycles. The van der Waals surface area contributed by atoms with Gasteiger partial charge in [-0.2, -0.15) is 0 Å². The zero-order chi connectivity index (χ0) is 22.8. The van der Waals surface area contributed by atoms with Crippen molar-refractivity contribution in [3.63, 3.8) is 0 Å². The molecule has 164 valence electrons. The van der Waals surface area contributed by atoms with Gasteiger partial charge in [0.15, 0.2) is 0 Å². The third-order valence-electron chi connectivity index (χ3n) is 5.96. The van der Waals surface area contributed by atoms with E-state index >= 15 is 0 Å². The summed E-state index contributed by atoms with van der Waals surface area (Å²) in [7, 11) is 1.68. The molecule has 0 radical (unpaired) electrons. The van der Waals surface area contributed by atoms with Crippen LogP contribution in [0.15, 0.2) is 83.9 Å². The van der Waals surface area contributed by atoms with Crippen LogP contribution in [-0.2, 0) is 11.8 Å². The molecular formula is C27H23N3O3. The first-order chi connectivity index (χ1) is 16.1. The molecule has 5 rings (SSSR count). The molecule has 1 aliphatic rings. The number of ether oxygens (including phenoxy) is 1. The molecule has 1 N–H and O–H groups in total. The highest BCUT2D eigenvalue weighted by Crippen LogP contribution is 2.44. The van der Waals surface area contributed by atoms with E-state index in [2.05, 4.69) is 34.6 Å². The maximum Gasteiger partial charge on any atom is 0.407 e. The number of alkyl carbamates (subject to hydrolysis) is 1. The lowest BCUT2D eigenvalue weighted by Gasteiger charge is -2.14. The summed E-state index contributed by atoms with van der Waals surface area (Å²) >= 11 is 0. The Hall–Kier alpha value is -4.19. The summed E-state index contributed by atoms with van der Waals surface area (Å²) in [5, 5.41) is 3.32. The van der Waals surface area contributed by atoms with E-state index in [0.717, 1.165) is 5.56 Å². The minimum Gasteiger partial charge on any atom is -0.449 e. The first-order valence-corrected chi connectivity index (χ1v) is 10.8. The molecule has 1 aromatic heterocycles. The van der Waals surface area contributed by atoms with Gasteiger partial charge in [0.1, 0.15) is 6.61 Å². The van der Waals surface area contributed by atoms with E-state index in [1.54, 1.807) is 13.1 Å². The van der Waals surface area contributed by atoms with Gasteiger partial charge >= 0.3 is 6.09 Å². The third kappa shape index (κ3) is 4.03. The van der Waals surface area contributed by atoms with Crippen molar-refractivity contribution >= 4 is 23.1 Å². The second-order valence-electron chi connectivity index (χ2n) is 8.05. The van der Waals surface area contributed by atoms with E-state index in [9.17, 15) is 9.59 Å². The average molecular weight is 437 g/mol. The smallest absolute Gasteiger partial charge is 0.407 e. The molecule has 33 heavy (non-hydrogen) atoms. The summed E-state index contributed by atoms with van der Waals surface area (Å²) in [6.07, 6.45) is 4.73. The number of fused-ring (bicyclic) bond motifs is 4. The first-order valence-electron chi connectivity index (χ1n) is 10.8. The number of nitrogens with one attached hydrogen (secondary N) is 1. The number of carbonyl (C=O) groups excluding carboxylic acids is 1. The van der Waals surface area contributed by atoms with Crippen molar-refractivity contribution in [3.05, 3.63) is 106 Å². The molecule has 1 aliphatic carbocycles. The van der Waals surface area contributed by atoms with Crippen molar-refractivity contribution in [2.24, 2.45) is 7.05 Å². The van der Waals surface area contributed by atoms with Crippen molar-refractivity contribution in [2.75, 3.05) is 13.2 Å². The maximum atomic E-state index is 12.3. The lowest BCUT2D eigenvalue weighted by atomic mass is 9.98. The summed E-state index contributed by atoms with van der Waals surface area (Å²) in [6.45, 7) is 0.601.